The van der Waals surface area contributed by atoms with Crippen LogP contribution in [0.5, 0.6) is 0 Å². The van der Waals surface area contributed by atoms with Crippen LogP contribution in [-0.2, 0) is 25.6 Å². The minimum absolute atomic E-state index is 0.148. The predicted octanol–water partition coefficient (Wildman–Crippen LogP) is 6.38. The number of nitrogens with zero attached hydrogens (tertiary/aromatic N) is 1. The molecule has 1 saturated heterocycles. The van der Waals surface area contributed by atoms with Crippen LogP contribution in [0.3, 0.4) is 0 Å². The highest BCUT2D eigenvalue weighted by Crippen LogP contribution is 2.31. The second-order valence-electron chi connectivity index (χ2n) is 12.6. The summed E-state index contributed by atoms with van der Waals surface area (Å²) >= 11 is 18.0. The molecule has 1 aliphatic heterocycles. The maximum absolute atomic E-state index is 14.5. The highest BCUT2D eigenvalue weighted by Gasteiger charge is 2.40. The molecule has 2 aromatic carbocycles. The van der Waals surface area contributed by atoms with Crippen LogP contribution in [0.1, 0.15) is 60.4 Å². The molecule has 3 aromatic rings. The van der Waals surface area contributed by atoms with Crippen molar-refractivity contribution in [3.05, 3.63) is 93.7 Å². The summed E-state index contributed by atoms with van der Waals surface area (Å²) in [5.74, 6) is -0.898. The van der Waals surface area contributed by atoms with Crippen molar-refractivity contribution in [1.82, 2.24) is 20.9 Å². The number of rotatable bonds is 13. The van der Waals surface area contributed by atoms with Gasteiger partial charge < -0.3 is 25.0 Å². The third-order valence-corrected chi connectivity index (χ3v) is 9.13. The highest BCUT2D eigenvalue weighted by molar-refractivity contribution is 7.14. The fraction of sp³-hybridized carbons (Fsp3) is 0.429. The zero-order valence-electron chi connectivity index (χ0n) is 27.6. The number of thiophene rings is 1. The normalized spacial score (nSPS) is 15.6. The number of halogens is 3. The van der Waals surface area contributed by atoms with E-state index < -0.39 is 28.6 Å². The summed E-state index contributed by atoms with van der Waals surface area (Å²) in [5, 5.41) is 16.9. The van der Waals surface area contributed by atoms with Gasteiger partial charge in [-0.2, -0.15) is 0 Å². The van der Waals surface area contributed by atoms with E-state index in [2.05, 4.69) is 16.0 Å². The van der Waals surface area contributed by atoms with Crippen molar-refractivity contribution < 1.29 is 23.9 Å². The number of carbonyl (C=O) groups is 3. The van der Waals surface area contributed by atoms with Crippen molar-refractivity contribution in [2.24, 2.45) is 0 Å². The number of hydrogen-bond acceptors (Lipinski definition) is 8. The first-order chi connectivity index (χ1) is 23.2. The molecule has 3 amide bonds. The van der Waals surface area contributed by atoms with E-state index >= 15 is 0 Å². The summed E-state index contributed by atoms with van der Waals surface area (Å²) < 4.78 is 9.01. The third kappa shape index (κ3) is 12.0. The summed E-state index contributed by atoms with van der Waals surface area (Å²) in [6.45, 7) is 7.02. The molecule has 0 bridgehead atoms. The van der Waals surface area contributed by atoms with Gasteiger partial charge in [-0.25, -0.2) is 4.79 Å². The number of alkyl carbamates (subject to hydrolysis) is 1. The lowest BCUT2D eigenvalue weighted by atomic mass is 9.84. The lowest BCUT2D eigenvalue weighted by Gasteiger charge is -2.34. The Morgan fingerprint density at radius 3 is 2.20 bits per heavy atom. The van der Waals surface area contributed by atoms with Crippen molar-refractivity contribution in [2.45, 2.75) is 67.6 Å². The molecule has 14 heteroatoms. The lowest BCUT2D eigenvalue weighted by Crippen LogP contribution is -2.55. The van der Waals surface area contributed by atoms with Gasteiger partial charge in [0, 0.05) is 23.9 Å². The molecule has 49 heavy (non-hydrogen) atoms. The number of amides is 3. The molecule has 2 atom stereocenters. The molecule has 0 aliphatic carbocycles. The molecule has 1 aromatic heterocycles. The summed E-state index contributed by atoms with van der Waals surface area (Å²) in [6, 6.07) is 22.0. The zero-order valence-corrected chi connectivity index (χ0v) is 30.7. The maximum atomic E-state index is 14.5. The monoisotopic (exact) mass is 749 g/mol. The number of alkyl halides is 3. The zero-order chi connectivity index (χ0) is 35.6. The molecule has 0 radical (unpaired) electrons. The van der Waals surface area contributed by atoms with Gasteiger partial charge >= 0.3 is 6.09 Å². The Morgan fingerprint density at radius 1 is 0.980 bits per heavy atom. The average molecular weight is 751 g/mol. The van der Waals surface area contributed by atoms with Crippen molar-refractivity contribution in [2.75, 3.05) is 26.3 Å². The van der Waals surface area contributed by atoms with Gasteiger partial charge in [-0.1, -0.05) is 95.5 Å². The predicted molar refractivity (Wildman–Crippen MR) is 195 cm³/mol. The number of amidine groups is 1. The molecule has 4 rings (SSSR count). The van der Waals surface area contributed by atoms with Crippen molar-refractivity contribution in [3.8, 4) is 0 Å². The van der Waals surface area contributed by atoms with Gasteiger partial charge in [0.2, 0.25) is 15.6 Å². The van der Waals surface area contributed by atoms with Gasteiger partial charge in [0.1, 0.15) is 18.5 Å². The number of benzene rings is 2. The largest absolute Gasteiger partial charge is 0.445 e. The third-order valence-electron chi connectivity index (χ3n) is 7.70. The van der Waals surface area contributed by atoms with Crippen LogP contribution < -0.4 is 16.0 Å². The fourth-order valence-corrected chi connectivity index (χ4v) is 6.56. The molecule has 0 saturated carbocycles. The number of likely N-dealkylation sites (tertiary alicyclic amines) is 1. The molecule has 1 fully saturated rings. The second kappa shape index (κ2) is 17.6. The molecular formula is C35H42Cl3N5O5S. The Balaban J connectivity index is 1.46. The topological polar surface area (TPSA) is 133 Å². The van der Waals surface area contributed by atoms with Crippen LogP contribution in [0.25, 0.3) is 0 Å². The van der Waals surface area contributed by atoms with Gasteiger partial charge in [-0.15, -0.1) is 11.3 Å². The van der Waals surface area contributed by atoms with Crippen molar-refractivity contribution in [1.29, 1.82) is 5.41 Å². The SMILES string of the molecule is CC(C)(C)OCCN[C@@H](C(=O)N1CCC[C@H]1C(=O)NCc1ccc(C(=N)NC(=O)OCC(Cl)(Cl)Cl)s1)C(c1ccccc1)c1ccccc1. The van der Waals surface area contributed by atoms with Crippen molar-refractivity contribution in [3.63, 3.8) is 0 Å². The van der Waals surface area contributed by atoms with Crippen LogP contribution >= 0.6 is 46.1 Å². The fourth-order valence-electron chi connectivity index (χ4n) is 5.55. The Labute approximate surface area is 306 Å². The molecule has 10 nitrogen and oxygen atoms in total. The van der Waals surface area contributed by atoms with E-state index in [9.17, 15) is 14.4 Å². The Hall–Kier alpha value is -3.19. The molecule has 0 spiro atoms. The highest BCUT2D eigenvalue weighted by atomic mass is 35.6. The maximum Gasteiger partial charge on any atom is 0.412 e. The van der Waals surface area contributed by atoms with Crippen LogP contribution in [0.15, 0.2) is 72.8 Å². The summed E-state index contributed by atoms with van der Waals surface area (Å²) in [5.41, 5.74) is 1.66. The molecule has 1 aliphatic rings. The summed E-state index contributed by atoms with van der Waals surface area (Å²) in [6.07, 6.45) is 0.312. The van der Waals surface area contributed by atoms with E-state index in [1.54, 1.807) is 17.0 Å². The van der Waals surface area contributed by atoms with E-state index in [4.69, 9.17) is 49.7 Å². The Bertz CT molecular complexity index is 1520. The van der Waals surface area contributed by atoms with E-state index in [1.807, 2.05) is 81.4 Å². The lowest BCUT2D eigenvalue weighted by molar-refractivity contribution is -0.140. The molecule has 4 N–H and O–H groups in total. The Morgan fingerprint density at radius 2 is 1.61 bits per heavy atom. The first kappa shape index (κ1) is 38.6. The van der Waals surface area contributed by atoms with Gasteiger partial charge in [0.05, 0.1) is 29.7 Å². The van der Waals surface area contributed by atoms with Gasteiger partial charge in [0.15, 0.2) is 0 Å². The Kier molecular flexibility index (Phi) is 13.9. The minimum Gasteiger partial charge on any atom is -0.445 e. The second-order valence-corrected chi connectivity index (χ2v) is 16.2. The van der Waals surface area contributed by atoms with E-state index in [0.29, 0.717) is 37.4 Å². The smallest absolute Gasteiger partial charge is 0.412 e. The summed E-state index contributed by atoms with van der Waals surface area (Å²) in [4.78, 5) is 43.0. The van der Waals surface area contributed by atoms with Crippen molar-refractivity contribution >= 4 is 69.9 Å². The number of nitrogens with one attached hydrogen (secondary N) is 4. The van der Waals surface area contributed by atoms with Crippen LogP contribution in [0, 0.1) is 5.41 Å². The first-order valence-corrected chi connectivity index (χ1v) is 17.9. The van der Waals surface area contributed by atoms with Crippen LogP contribution in [-0.4, -0.2) is 76.4 Å². The molecule has 2 heterocycles. The molecular weight excluding hydrogens is 709 g/mol. The van der Waals surface area contributed by atoms with E-state index in [1.165, 1.54) is 11.3 Å². The number of ether oxygens (including phenoxy) is 2. The first-order valence-electron chi connectivity index (χ1n) is 16.0. The van der Waals surface area contributed by atoms with Crippen LogP contribution in [0.2, 0.25) is 0 Å². The average Bonchev–Trinajstić information content (AvgIpc) is 3.75. The standard InChI is InChI=1S/C35H42Cl3N5O5S/c1-34(2,3)48-20-18-40-29(28(23-11-6-4-7-12-23)24-13-8-5-9-14-24)32(45)43-19-10-15-26(43)31(44)41-21-25-16-17-27(49-25)30(39)42-33(46)47-22-35(36,37)38/h4-9,11-14,16-17,26,28-29,40H,10,15,18-22H2,1-3H3,(H,41,44)(H2,39,42,46)/t26-,29+/m0/s1. The number of hydrogen-bond donors (Lipinski definition) is 4. The van der Waals surface area contributed by atoms with Gasteiger partial charge in [-0.3, -0.25) is 20.3 Å². The number of carbonyl (C=O) groups excluding carboxylic acids is 3. The molecule has 264 valence electrons. The summed E-state index contributed by atoms with van der Waals surface area (Å²) in [7, 11) is 0. The molecule has 0 unspecified atom stereocenters. The quantitative estimate of drug-likeness (QED) is 0.0694. The minimum atomic E-state index is -1.77. The van der Waals surface area contributed by atoms with Crippen LogP contribution in [0.4, 0.5) is 4.79 Å². The van der Waals surface area contributed by atoms with Gasteiger partial charge in [-0.05, 0) is 56.9 Å². The van der Waals surface area contributed by atoms with E-state index in [-0.39, 0.29) is 35.7 Å². The van der Waals surface area contributed by atoms with Gasteiger partial charge in [0.25, 0.3) is 0 Å². The van der Waals surface area contributed by atoms with E-state index in [0.717, 1.165) is 16.0 Å².